The van der Waals surface area contributed by atoms with Crippen LogP contribution in [0, 0.1) is 40.4 Å². The minimum atomic E-state index is -5.48. The van der Waals surface area contributed by atoms with Gasteiger partial charge < -0.3 is 0 Å². The van der Waals surface area contributed by atoms with Crippen molar-refractivity contribution in [1.29, 1.82) is 5.26 Å². The number of hydrogen-bond donors (Lipinski definition) is 0. The van der Waals surface area contributed by atoms with Gasteiger partial charge in [0.25, 0.3) is 0 Å². The molecule has 0 fully saturated rings. The van der Waals surface area contributed by atoms with Gasteiger partial charge in [0, 0.05) is 4.91 Å². The fourth-order valence-corrected chi connectivity index (χ4v) is 4.06. The monoisotopic (exact) mass is 458 g/mol. The van der Waals surface area contributed by atoms with Gasteiger partial charge in [0.05, 0.1) is 5.57 Å². The molecule has 154 valence electrons. The predicted molar refractivity (Wildman–Crippen MR) is 97.6 cm³/mol. The third kappa shape index (κ3) is 3.94. The van der Waals surface area contributed by atoms with Crippen molar-refractivity contribution in [3.8, 4) is 6.07 Å². The summed E-state index contributed by atoms with van der Waals surface area (Å²) in [6.45, 7) is 0. The minimum absolute atomic E-state index is 0.138. The summed E-state index contributed by atoms with van der Waals surface area (Å²) < 4.78 is 95.1. The highest BCUT2D eigenvalue weighted by molar-refractivity contribution is 8.18. The molecule has 0 aromatic heterocycles. The summed E-state index contributed by atoms with van der Waals surface area (Å²) in [6.07, 6.45) is 2.66. The van der Waals surface area contributed by atoms with Crippen molar-refractivity contribution in [2.75, 3.05) is 0 Å². The number of nitrogens with zero attached hydrogens (tertiary/aromatic N) is 2. The smallest absolute Gasteiger partial charge is 0.263 e. The van der Waals surface area contributed by atoms with E-state index in [1.807, 2.05) is 6.07 Å². The summed E-state index contributed by atoms with van der Waals surface area (Å²) in [5, 5.41) is 12.4. The molecule has 1 heterocycles. The van der Waals surface area contributed by atoms with Crippen LogP contribution in [0.5, 0.6) is 0 Å². The van der Waals surface area contributed by atoms with Crippen LogP contribution in [0.25, 0.3) is 5.57 Å². The first kappa shape index (κ1) is 21.5. The lowest BCUT2D eigenvalue weighted by Crippen LogP contribution is -2.14. The van der Waals surface area contributed by atoms with Gasteiger partial charge in [-0.3, -0.25) is 4.28 Å². The van der Waals surface area contributed by atoms with E-state index in [1.165, 1.54) is 12.2 Å². The van der Waals surface area contributed by atoms with E-state index in [2.05, 4.69) is 9.44 Å². The first-order valence-corrected chi connectivity index (χ1v) is 9.98. The lowest BCUT2D eigenvalue weighted by molar-refractivity contribution is 0.319. The summed E-state index contributed by atoms with van der Waals surface area (Å²) in [7, 11) is -5.48. The SMILES string of the molecule is N#C/C(=C1/C=CC(=NOS(=O)(=O)c2c(F)c(F)c(F)c(F)c2F)S1)c1ccccc1. The lowest BCUT2D eigenvalue weighted by Gasteiger charge is -2.07. The van der Waals surface area contributed by atoms with Crippen molar-refractivity contribution in [2.45, 2.75) is 4.90 Å². The number of nitriles is 1. The summed E-state index contributed by atoms with van der Waals surface area (Å²) >= 11 is 0.802. The second-order valence-corrected chi connectivity index (χ2v) is 8.04. The third-order valence-electron chi connectivity index (χ3n) is 3.66. The molecule has 0 aliphatic carbocycles. The molecule has 3 rings (SSSR count). The first-order chi connectivity index (χ1) is 14.2. The van der Waals surface area contributed by atoms with Gasteiger partial charge in [-0.2, -0.15) is 13.7 Å². The Bertz CT molecular complexity index is 1240. The van der Waals surface area contributed by atoms with Crippen molar-refractivity contribution in [1.82, 2.24) is 0 Å². The van der Waals surface area contributed by atoms with Crippen molar-refractivity contribution in [3.63, 3.8) is 0 Å². The van der Waals surface area contributed by atoms with Gasteiger partial charge in [-0.05, 0) is 17.7 Å². The van der Waals surface area contributed by atoms with Gasteiger partial charge in [-0.1, -0.05) is 47.2 Å². The molecule has 2 aromatic carbocycles. The molecular formula is C18H7F5N2O3S2. The molecule has 5 nitrogen and oxygen atoms in total. The van der Waals surface area contributed by atoms with Gasteiger partial charge in [0.2, 0.25) is 5.82 Å². The van der Waals surface area contributed by atoms with Crippen LogP contribution in [0.1, 0.15) is 5.56 Å². The van der Waals surface area contributed by atoms with E-state index in [0.717, 1.165) is 11.8 Å². The number of hydrogen-bond acceptors (Lipinski definition) is 6. The normalized spacial score (nSPS) is 16.6. The van der Waals surface area contributed by atoms with Crippen LogP contribution in [-0.4, -0.2) is 13.5 Å². The van der Waals surface area contributed by atoms with E-state index in [-0.39, 0.29) is 10.6 Å². The zero-order chi connectivity index (χ0) is 22.1. The van der Waals surface area contributed by atoms with E-state index >= 15 is 0 Å². The second-order valence-electron chi connectivity index (χ2n) is 5.51. The van der Waals surface area contributed by atoms with Crippen LogP contribution in [-0.2, 0) is 14.4 Å². The summed E-state index contributed by atoms with van der Waals surface area (Å²) in [5.41, 5.74) is 0.813. The number of allylic oxidation sites excluding steroid dienone is 2. The Kier molecular flexibility index (Phi) is 5.95. The fourth-order valence-electron chi connectivity index (χ4n) is 2.31. The topological polar surface area (TPSA) is 79.5 Å². The van der Waals surface area contributed by atoms with Crippen LogP contribution in [0.4, 0.5) is 22.0 Å². The molecule has 0 radical (unpaired) electrons. The average molecular weight is 458 g/mol. The largest absolute Gasteiger partial charge is 0.364 e. The Morgan fingerprint density at radius 2 is 1.50 bits per heavy atom. The van der Waals surface area contributed by atoms with Crippen molar-refractivity contribution in [2.24, 2.45) is 5.16 Å². The summed E-state index contributed by atoms with van der Waals surface area (Å²) in [4.78, 5) is -1.78. The van der Waals surface area contributed by atoms with Crippen LogP contribution in [0.2, 0.25) is 0 Å². The van der Waals surface area contributed by atoms with E-state index in [0.29, 0.717) is 10.5 Å². The highest BCUT2D eigenvalue weighted by atomic mass is 32.2. The predicted octanol–water partition coefficient (Wildman–Crippen LogP) is 4.64. The molecule has 1 aliphatic rings. The molecule has 0 spiro atoms. The molecule has 0 atom stereocenters. The Labute approximate surface area is 170 Å². The van der Waals surface area contributed by atoms with Gasteiger partial charge in [-0.15, -0.1) is 0 Å². The molecule has 1 aliphatic heterocycles. The van der Waals surface area contributed by atoms with Crippen LogP contribution < -0.4 is 0 Å². The summed E-state index contributed by atoms with van der Waals surface area (Å²) in [6, 6.07) is 10.5. The first-order valence-electron chi connectivity index (χ1n) is 7.76. The van der Waals surface area contributed by atoms with Crippen molar-refractivity contribution in [3.05, 3.63) is 82.0 Å². The number of oxime groups is 1. The number of thioether (sulfide) groups is 1. The Balaban J connectivity index is 1.90. The zero-order valence-corrected chi connectivity index (χ0v) is 16.0. The molecular weight excluding hydrogens is 451 g/mol. The average Bonchev–Trinajstić information content (AvgIpc) is 3.19. The highest BCUT2D eigenvalue weighted by Crippen LogP contribution is 2.34. The van der Waals surface area contributed by atoms with Crippen molar-refractivity contribution < 1.29 is 34.7 Å². The van der Waals surface area contributed by atoms with E-state index in [4.69, 9.17) is 0 Å². The van der Waals surface area contributed by atoms with Crippen LogP contribution in [0.3, 0.4) is 0 Å². The quantitative estimate of drug-likeness (QED) is 0.219. The van der Waals surface area contributed by atoms with E-state index in [1.54, 1.807) is 30.3 Å². The maximum absolute atomic E-state index is 13.7. The molecule has 0 N–H and O–H groups in total. The Hall–Kier alpha value is -3.17. The minimum Gasteiger partial charge on any atom is -0.263 e. The Morgan fingerprint density at radius 1 is 0.933 bits per heavy atom. The second kappa shape index (κ2) is 8.29. The molecule has 0 unspecified atom stereocenters. The third-order valence-corrected chi connectivity index (χ3v) is 5.77. The standard InChI is InChI=1S/C18H7F5N2O3S2/c19-13-14(20)16(22)18(17(23)15(13)21)30(26,27)28-25-12-7-6-11(29-12)10(8-24)9-4-2-1-3-5-9/h1-7H/b11-10+,25-12?. The van der Waals surface area contributed by atoms with Crippen LogP contribution >= 0.6 is 11.8 Å². The van der Waals surface area contributed by atoms with Gasteiger partial charge in [-0.25, -0.2) is 22.0 Å². The maximum Gasteiger partial charge on any atom is 0.364 e. The Morgan fingerprint density at radius 3 is 2.07 bits per heavy atom. The molecule has 30 heavy (non-hydrogen) atoms. The molecule has 0 amide bonds. The lowest BCUT2D eigenvalue weighted by atomic mass is 10.1. The molecule has 0 saturated carbocycles. The zero-order valence-electron chi connectivity index (χ0n) is 14.4. The number of rotatable bonds is 4. The van der Waals surface area contributed by atoms with Crippen molar-refractivity contribution >= 4 is 32.5 Å². The molecule has 12 heteroatoms. The van der Waals surface area contributed by atoms with Gasteiger partial charge in [0.15, 0.2) is 28.2 Å². The fraction of sp³-hybridized carbons (Fsp3) is 0. The summed E-state index contributed by atoms with van der Waals surface area (Å²) in [5.74, 6) is -12.5. The van der Waals surface area contributed by atoms with E-state index < -0.39 is 44.1 Å². The molecule has 0 saturated heterocycles. The number of halogens is 5. The van der Waals surface area contributed by atoms with E-state index in [9.17, 15) is 35.6 Å². The van der Waals surface area contributed by atoms with Gasteiger partial charge in [0.1, 0.15) is 11.1 Å². The number of benzene rings is 2. The maximum atomic E-state index is 13.7. The highest BCUT2D eigenvalue weighted by Gasteiger charge is 2.35. The van der Waals surface area contributed by atoms with Gasteiger partial charge >= 0.3 is 10.1 Å². The molecule has 0 bridgehead atoms. The van der Waals surface area contributed by atoms with Crippen LogP contribution in [0.15, 0.2) is 57.4 Å². The molecule has 2 aromatic rings.